The number of hydrogen-bond acceptors (Lipinski definition) is 8. The number of fused-ring (bicyclic) bond motifs is 2. The number of thiophene rings is 1. The summed E-state index contributed by atoms with van der Waals surface area (Å²) >= 11 is 3.01. The van der Waals surface area contributed by atoms with Gasteiger partial charge in [-0.25, -0.2) is 4.98 Å². The van der Waals surface area contributed by atoms with E-state index in [9.17, 15) is 4.79 Å². The van der Waals surface area contributed by atoms with Crippen molar-refractivity contribution in [1.29, 1.82) is 0 Å². The molecule has 5 rings (SSSR count). The van der Waals surface area contributed by atoms with E-state index in [1.54, 1.807) is 11.3 Å². The van der Waals surface area contributed by atoms with Crippen LogP contribution < -0.4 is 15.0 Å². The van der Waals surface area contributed by atoms with E-state index in [0.29, 0.717) is 40.3 Å². The van der Waals surface area contributed by atoms with Gasteiger partial charge in [0.05, 0.1) is 11.1 Å². The third kappa shape index (κ3) is 3.25. The van der Waals surface area contributed by atoms with Crippen molar-refractivity contribution in [2.45, 2.75) is 30.9 Å². The molecule has 1 atom stereocenters. The number of aromatic nitrogens is 5. The Morgan fingerprint density at radius 2 is 2.07 bits per heavy atom. The van der Waals surface area contributed by atoms with Gasteiger partial charge in [0.2, 0.25) is 0 Å². The molecule has 4 aromatic rings. The van der Waals surface area contributed by atoms with Gasteiger partial charge >= 0.3 is 0 Å². The quantitative estimate of drug-likeness (QED) is 0.484. The summed E-state index contributed by atoms with van der Waals surface area (Å²) in [6.45, 7) is 4.33. The maximum atomic E-state index is 12.5. The second-order valence-electron chi connectivity index (χ2n) is 7.03. The molecule has 4 heterocycles. The van der Waals surface area contributed by atoms with Crippen molar-refractivity contribution >= 4 is 33.3 Å². The highest BCUT2D eigenvalue weighted by atomic mass is 32.2. The molecule has 1 aromatic carbocycles. The van der Waals surface area contributed by atoms with Gasteiger partial charge in [-0.05, 0) is 31.5 Å². The van der Waals surface area contributed by atoms with Crippen LogP contribution in [0.4, 0.5) is 0 Å². The first-order chi connectivity index (χ1) is 14.5. The topological polar surface area (TPSA) is 94.9 Å². The van der Waals surface area contributed by atoms with Crippen LogP contribution in [0.2, 0.25) is 0 Å². The summed E-state index contributed by atoms with van der Waals surface area (Å²) in [7, 11) is 1.90. The van der Waals surface area contributed by atoms with E-state index >= 15 is 0 Å². The van der Waals surface area contributed by atoms with Gasteiger partial charge < -0.3 is 19.0 Å². The average Bonchev–Trinajstić information content (AvgIpc) is 3.25. The van der Waals surface area contributed by atoms with Crippen molar-refractivity contribution in [2.75, 3.05) is 6.61 Å². The van der Waals surface area contributed by atoms with Crippen molar-refractivity contribution in [3.63, 3.8) is 0 Å². The Hall–Kier alpha value is -2.85. The summed E-state index contributed by atoms with van der Waals surface area (Å²) < 4.78 is 13.7. The van der Waals surface area contributed by atoms with Gasteiger partial charge in [-0.1, -0.05) is 23.9 Å². The van der Waals surface area contributed by atoms with Gasteiger partial charge in [0.1, 0.15) is 17.3 Å². The molecule has 0 bridgehead atoms. The highest BCUT2D eigenvalue weighted by molar-refractivity contribution is 7.98. The second-order valence-corrected chi connectivity index (χ2v) is 9.17. The first-order valence-electron chi connectivity index (χ1n) is 9.40. The molecule has 0 saturated heterocycles. The fourth-order valence-electron chi connectivity index (χ4n) is 3.38. The molecule has 0 amide bonds. The number of benzene rings is 1. The number of rotatable bonds is 4. The normalized spacial score (nSPS) is 15.6. The molecule has 3 aromatic heterocycles. The first-order valence-corrected chi connectivity index (χ1v) is 11.2. The summed E-state index contributed by atoms with van der Waals surface area (Å²) in [5.74, 6) is 3.22. The van der Waals surface area contributed by atoms with Gasteiger partial charge in [-0.2, -0.15) is 0 Å². The number of para-hydroxylation sites is 2. The molecule has 10 heteroatoms. The number of aryl methyl sites for hydroxylation is 2. The van der Waals surface area contributed by atoms with Crippen molar-refractivity contribution in [3.05, 3.63) is 56.7 Å². The van der Waals surface area contributed by atoms with Crippen LogP contribution in [0.3, 0.4) is 0 Å². The zero-order valence-electron chi connectivity index (χ0n) is 16.6. The lowest BCUT2D eigenvalue weighted by molar-refractivity contribution is 0.0825. The van der Waals surface area contributed by atoms with Crippen LogP contribution >= 0.6 is 23.1 Å². The molecular weight excluding hydrogens is 422 g/mol. The number of thioether (sulfide) groups is 1. The lowest BCUT2D eigenvalue weighted by Gasteiger charge is -2.25. The number of ether oxygens (including phenoxy) is 2. The third-order valence-electron chi connectivity index (χ3n) is 5.09. The Bertz CT molecular complexity index is 1310. The summed E-state index contributed by atoms with van der Waals surface area (Å²) in [5, 5.41) is 9.99. The van der Waals surface area contributed by atoms with Crippen LogP contribution in [0.1, 0.15) is 28.2 Å². The minimum absolute atomic E-state index is 0.0949. The fourth-order valence-corrected chi connectivity index (χ4v) is 5.22. The first kappa shape index (κ1) is 19.1. The molecule has 1 N–H and O–H groups in total. The molecule has 1 aliphatic rings. The highest BCUT2D eigenvalue weighted by Gasteiger charge is 2.27. The maximum absolute atomic E-state index is 12.5. The fraction of sp³-hybridized carbons (Fsp3) is 0.300. The summed E-state index contributed by atoms with van der Waals surface area (Å²) in [6.07, 6.45) is -0.335. The lowest BCUT2D eigenvalue weighted by Crippen LogP contribution is -2.24. The van der Waals surface area contributed by atoms with Crippen molar-refractivity contribution in [3.8, 4) is 11.5 Å². The maximum Gasteiger partial charge on any atom is 0.259 e. The van der Waals surface area contributed by atoms with Gasteiger partial charge in [0, 0.05) is 11.9 Å². The van der Waals surface area contributed by atoms with E-state index in [1.165, 1.54) is 11.8 Å². The van der Waals surface area contributed by atoms with E-state index in [-0.39, 0.29) is 11.7 Å². The molecule has 0 unspecified atom stereocenters. The molecule has 0 aliphatic carbocycles. The SMILES string of the molecule is Cc1sc2nc(CSc3nnc([C@@H]4COc5ccccc5O4)n3C)[nH]c(=O)c2c1C. The van der Waals surface area contributed by atoms with E-state index in [0.717, 1.165) is 21.0 Å². The molecule has 1 aliphatic heterocycles. The number of nitrogens with one attached hydrogen (secondary N) is 1. The standard InChI is InChI=1S/C20H19N5O3S2/c1-10-11(2)30-19-16(10)18(26)21-15(22-19)9-29-20-24-23-17(25(20)3)14-8-27-12-6-4-5-7-13(12)28-14/h4-7,14H,8-9H2,1-3H3,(H,21,22,26)/t14-/m0/s1. The largest absolute Gasteiger partial charge is 0.485 e. The van der Waals surface area contributed by atoms with Crippen LogP contribution in [0.5, 0.6) is 11.5 Å². The number of hydrogen-bond donors (Lipinski definition) is 1. The molecule has 154 valence electrons. The van der Waals surface area contributed by atoms with Gasteiger partial charge in [0.25, 0.3) is 5.56 Å². The molecule has 30 heavy (non-hydrogen) atoms. The Kier molecular flexibility index (Phi) is 4.75. The Morgan fingerprint density at radius 1 is 1.27 bits per heavy atom. The molecule has 8 nitrogen and oxygen atoms in total. The van der Waals surface area contributed by atoms with Crippen molar-refractivity contribution in [2.24, 2.45) is 7.05 Å². The van der Waals surface area contributed by atoms with Crippen LogP contribution in [0.25, 0.3) is 10.2 Å². The number of H-pyrrole nitrogens is 1. The van der Waals surface area contributed by atoms with E-state index in [1.807, 2.05) is 49.7 Å². The zero-order valence-corrected chi connectivity index (χ0v) is 18.3. The van der Waals surface area contributed by atoms with E-state index < -0.39 is 0 Å². The van der Waals surface area contributed by atoms with Gasteiger partial charge in [-0.15, -0.1) is 21.5 Å². The molecule has 0 radical (unpaired) electrons. The van der Waals surface area contributed by atoms with Crippen LogP contribution in [0.15, 0.2) is 34.2 Å². The molecule has 0 spiro atoms. The van der Waals surface area contributed by atoms with Gasteiger partial charge in [-0.3, -0.25) is 4.79 Å². The Morgan fingerprint density at radius 3 is 2.90 bits per heavy atom. The van der Waals surface area contributed by atoms with E-state index in [4.69, 9.17) is 9.47 Å². The van der Waals surface area contributed by atoms with Gasteiger partial charge in [0.15, 0.2) is 28.6 Å². The molecule has 0 fully saturated rings. The van der Waals surface area contributed by atoms with Crippen LogP contribution in [0, 0.1) is 13.8 Å². The summed E-state index contributed by atoms with van der Waals surface area (Å²) in [5.41, 5.74) is 0.902. The lowest BCUT2D eigenvalue weighted by atomic mass is 10.2. The van der Waals surface area contributed by atoms with Crippen LogP contribution in [-0.4, -0.2) is 31.3 Å². The Balaban J connectivity index is 1.34. The minimum Gasteiger partial charge on any atom is -0.485 e. The molecule has 0 saturated carbocycles. The van der Waals surface area contributed by atoms with E-state index in [2.05, 4.69) is 20.2 Å². The molecular formula is C20H19N5O3S2. The second kappa shape index (κ2) is 7.44. The third-order valence-corrected chi connectivity index (χ3v) is 7.22. The van der Waals surface area contributed by atoms with Crippen molar-refractivity contribution < 1.29 is 9.47 Å². The predicted molar refractivity (Wildman–Crippen MR) is 116 cm³/mol. The average molecular weight is 442 g/mol. The summed E-state index contributed by atoms with van der Waals surface area (Å²) in [4.78, 5) is 21.9. The predicted octanol–water partition coefficient (Wildman–Crippen LogP) is 3.53. The monoisotopic (exact) mass is 441 g/mol. The smallest absolute Gasteiger partial charge is 0.259 e. The zero-order chi connectivity index (χ0) is 20.8. The van der Waals surface area contributed by atoms with Crippen LogP contribution in [-0.2, 0) is 12.8 Å². The number of nitrogens with zero attached hydrogens (tertiary/aromatic N) is 4. The summed E-state index contributed by atoms with van der Waals surface area (Å²) in [6, 6.07) is 7.57. The highest BCUT2D eigenvalue weighted by Crippen LogP contribution is 2.36. The Labute approximate surface area is 180 Å². The minimum atomic E-state index is -0.335. The van der Waals surface area contributed by atoms with Crippen molar-refractivity contribution in [1.82, 2.24) is 24.7 Å². The number of aromatic amines is 1.